The molecule has 0 aliphatic heterocycles. The van der Waals surface area contributed by atoms with Gasteiger partial charge in [-0.15, -0.1) is 0 Å². The molecule has 268 valence electrons. The Morgan fingerprint density at radius 1 is 0.456 bits per heavy atom. The molecule has 8 aromatic carbocycles. The predicted molar refractivity (Wildman–Crippen MR) is 233 cm³/mol. The maximum atomic E-state index is 6.90. The van der Waals surface area contributed by atoms with Crippen molar-refractivity contribution in [3.63, 3.8) is 0 Å². The molecule has 0 atom stereocenters. The molecule has 0 N–H and O–H groups in total. The minimum Gasteiger partial charge on any atom is -0.454 e. The van der Waals surface area contributed by atoms with Crippen molar-refractivity contribution in [2.45, 2.75) is 19.3 Å². The third-order valence-corrected chi connectivity index (χ3v) is 12.0. The molecule has 5 nitrogen and oxygen atoms in total. The van der Waals surface area contributed by atoms with Gasteiger partial charge in [0.2, 0.25) is 0 Å². The molecule has 0 spiro atoms. The maximum Gasteiger partial charge on any atom is 0.164 e. The summed E-state index contributed by atoms with van der Waals surface area (Å²) in [6, 6.07) is 60.0. The Kier molecular flexibility index (Phi) is 6.62. The Morgan fingerprint density at radius 2 is 1.12 bits per heavy atom. The topological polar surface area (TPSA) is 56.7 Å². The number of furan rings is 1. The van der Waals surface area contributed by atoms with Gasteiger partial charge in [-0.1, -0.05) is 141 Å². The second-order valence-electron chi connectivity index (χ2n) is 15.6. The lowest BCUT2D eigenvalue weighted by Gasteiger charge is -2.21. The number of para-hydroxylation sites is 2. The Labute approximate surface area is 328 Å². The summed E-state index contributed by atoms with van der Waals surface area (Å²) in [5.41, 5.74) is 12.6. The van der Waals surface area contributed by atoms with Crippen molar-refractivity contribution >= 4 is 54.5 Å². The van der Waals surface area contributed by atoms with Crippen molar-refractivity contribution in [1.82, 2.24) is 19.5 Å². The van der Waals surface area contributed by atoms with E-state index in [-0.39, 0.29) is 5.41 Å². The zero-order chi connectivity index (χ0) is 37.8. The highest BCUT2D eigenvalue weighted by molar-refractivity contribution is 6.17. The van der Waals surface area contributed by atoms with E-state index in [2.05, 4.69) is 158 Å². The summed E-state index contributed by atoms with van der Waals surface area (Å²) in [5, 5.41) is 6.78. The van der Waals surface area contributed by atoms with E-state index in [0.717, 1.165) is 55.3 Å². The van der Waals surface area contributed by atoms with Crippen molar-refractivity contribution in [1.29, 1.82) is 0 Å². The fourth-order valence-corrected chi connectivity index (χ4v) is 9.29. The number of benzene rings is 8. The average Bonchev–Trinajstić information content (AvgIpc) is 3.88. The van der Waals surface area contributed by atoms with Crippen molar-refractivity contribution in [2.75, 3.05) is 0 Å². The molecule has 0 amide bonds. The third-order valence-electron chi connectivity index (χ3n) is 12.0. The van der Waals surface area contributed by atoms with Gasteiger partial charge in [-0.25, -0.2) is 15.0 Å². The van der Waals surface area contributed by atoms with Gasteiger partial charge in [-0.2, -0.15) is 0 Å². The molecule has 0 bridgehead atoms. The molecule has 0 unspecified atom stereocenters. The van der Waals surface area contributed by atoms with E-state index in [4.69, 9.17) is 19.4 Å². The number of hydrogen-bond acceptors (Lipinski definition) is 4. The van der Waals surface area contributed by atoms with Gasteiger partial charge in [0.15, 0.2) is 23.1 Å². The quantitative estimate of drug-likeness (QED) is 0.181. The summed E-state index contributed by atoms with van der Waals surface area (Å²) in [6.07, 6.45) is 0. The van der Waals surface area contributed by atoms with Crippen LogP contribution in [-0.2, 0) is 5.41 Å². The molecule has 5 heteroatoms. The van der Waals surface area contributed by atoms with E-state index in [0.29, 0.717) is 17.5 Å². The van der Waals surface area contributed by atoms with Crippen LogP contribution in [0.2, 0.25) is 0 Å². The maximum absolute atomic E-state index is 6.90. The fraction of sp³-hybridized carbons (Fsp3) is 0.0577. The summed E-state index contributed by atoms with van der Waals surface area (Å²) in [4.78, 5) is 15.7. The van der Waals surface area contributed by atoms with E-state index in [9.17, 15) is 0 Å². The molecule has 0 saturated carbocycles. The molecule has 0 radical (unpaired) electrons. The molecule has 12 rings (SSSR count). The minimum atomic E-state index is -0.0942. The van der Waals surface area contributed by atoms with E-state index >= 15 is 0 Å². The molecule has 1 aliphatic carbocycles. The van der Waals surface area contributed by atoms with Gasteiger partial charge < -0.3 is 8.98 Å². The van der Waals surface area contributed by atoms with Gasteiger partial charge in [0.05, 0.1) is 16.7 Å². The summed E-state index contributed by atoms with van der Waals surface area (Å²) < 4.78 is 9.25. The molecule has 0 saturated heterocycles. The van der Waals surface area contributed by atoms with Crippen LogP contribution in [0.1, 0.15) is 25.0 Å². The normalized spacial score (nSPS) is 13.2. The zero-order valence-corrected chi connectivity index (χ0v) is 31.4. The highest BCUT2D eigenvalue weighted by Crippen LogP contribution is 2.50. The number of fused-ring (bicyclic) bond motifs is 10. The first kappa shape index (κ1) is 31.9. The second kappa shape index (κ2) is 11.8. The molecule has 57 heavy (non-hydrogen) atoms. The Hall–Kier alpha value is -7.37. The lowest BCUT2D eigenvalue weighted by molar-refractivity contribution is 0.660. The predicted octanol–water partition coefficient (Wildman–Crippen LogP) is 13.3. The largest absolute Gasteiger partial charge is 0.454 e. The van der Waals surface area contributed by atoms with Crippen LogP contribution < -0.4 is 0 Å². The van der Waals surface area contributed by atoms with Crippen molar-refractivity contribution < 1.29 is 4.42 Å². The Morgan fingerprint density at radius 3 is 1.98 bits per heavy atom. The van der Waals surface area contributed by atoms with Gasteiger partial charge in [-0.05, 0) is 75.5 Å². The van der Waals surface area contributed by atoms with Crippen LogP contribution in [0.4, 0.5) is 0 Å². The highest BCUT2D eigenvalue weighted by Gasteiger charge is 2.35. The molecule has 3 heterocycles. The summed E-state index contributed by atoms with van der Waals surface area (Å²) in [7, 11) is 0. The Balaban J connectivity index is 1.13. The monoisotopic (exact) mass is 730 g/mol. The van der Waals surface area contributed by atoms with Crippen molar-refractivity contribution in [2.24, 2.45) is 0 Å². The van der Waals surface area contributed by atoms with Gasteiger partial charge >= 0.3 is 0 Å². The summed E-state index contributed by atoms with van der Waals surface area (Å²) >= 11 is 0. The fourth-order valence-electron chi connectivity index (χ4n) is 9.29. The molecule has 0 fully saturated rings. The van der Waals surface area contributed by atoms with Crippen LogP contribution in [0.15, 0.2) is 174 Å². The smallest absolute Gasteiger partial charge is 0.164 e. The van der Waals surface area contributed by atoms with E-state index in [1.54, 1.807) is 0 Å². The van der Waals surface area contributed by atoms with Crippen molar-refractivity contribution in [3.05, 3.63) is 181 Å². The standard InChI is InChI=1S/C52H34N4O/c1-52(2)41-21-11-8-18-35(41)39-29-34(24-26-42(39)52)50-53-49(31-14-4-3-5-15-31)54-51(55-50)38-25-27-44(48-47(38)37-20-10-13-23-46(37)57-48)56-43-22-12-9-19-36(43)40-28-32-16-6-7-17-33(32)30-45(40)56/h3-30H,1-2H3. The average molecular weight is 731 g/mol. The van der Waals surface area contributed by atoms with Gasteiger partial charge in [0, 0.05) is 43.7 Å². The van der Waals surface area contributed by atoms with E-state index < -0.39 is 0 Å². The van der Waals surface area contributed by atoms with Crippen LogP contribution in [0.3, 0.4) is 0 Å². The Bertz CT molecular complexity index is 3450. The number of nitrogens with zero attached hydrogens (tertiary/aromatic N) is 4. The first-order valence-corrected chi connectivity index (χ1v) is 19.4. The lowest BCUT2D eigenvalue weighted by atomic mass is 9.82. The minimum absolute atomic E-state index is 0.0942. The first-order chi connectivity index (χ1) is 28.0. The summed E-state index contributed by atoms with van der Waals surface area (Å²) in [5.74, 6) is 1.84. The number of aromatic nitrogens is 4. The van der Waals surface area contributed by atoms with E-state index in [1.165, 1.54) is 43.8 Å². The lowest BCUT2D eigenvalue weighted by Crippen LogP contribution is -2.14. The number of hydrogen-bond donors (Lipinski definition) is 0. The molecule has 1 aliphatic rings. The van der Waals surface area contributed by atoms with E-state index in [1.807, 2.05) is 30.3 Å². The van der Waals surface area contributed by atoms with Crippen LogP contribution >= 0.6 is 0 Å². The third kappa shape index (κ3) is 4.66. The van der Waals surface area contributed by atoms with Gasteiger partial charge in [0.25, 0.3) is 0 Å². The summed E-state index contributed by atoms with van der Waals surface area (Å²) in [6.45, 7) is 4.61. The molecular formula is C52H34N4O. The zero-order valence-electron chi connectivity index (χ0n) is 31.4. The molecular weight excluding hydrogens is 697 g/mol. The van der Waals surface area contributed by atoms with Crippen LogP contribution in [0.25, 0.3) is 105 Å². The van der Waals surface area contributed by atoms with Crippen LogP contribution in [0.5, 0.6) is 0 Å². The SMILES string of the molecule is CC1(C)c2ccccc2-c2cc(-c3nc(-c4ccccc4)nc(-c4ccc(-n5c6ccccc6c6cc7ccccc7cc65)c5oc6ccccc6c45)n3)ccc21. The van der Waals surface area contributed by atoms with Crippen LogP contribution in [0, 0.1) is 0 Å². The highest BCUT2D eigenvalue weighted by atomic mass is 16.3. The van der Waals surface area contributed by atoms with Crippen molar-refractivity contribution in [3.8, 4) is 51.0 Å². The second-order valence-corrected chi connectivity index (χ2v) is 15.6. The number of rotatable bonds is 4. The first-order valence-electron chi connectivity index (χ1n) is 19.4. The van der Waals surface area contributed by atoms with Crippen LogP contribution in [-0.4, -0.2) is 19.5 Å². The van der Waals surface area contributed by atoms with Gasteiger partial charge in [-0.3, -0.25) is 0 Å². The molecule has 3 aromatic heterocycles. The van der Waals surface area contributed by atoms with Gasteiger partial charge in [0.1, 0.15) is 5.58 Å². The molecule has 11 aromatic rings.